The maximum absolute atomic E-state index is 14.8. The Balaban J connectivity index is 1.20. The van der Waals surface area contributed by atoms with Crippen LogP contribution < -0.4 is 9.46 Å². The number of aromatic nitrogens is 1. The summed E-state index contributed by atoms with van der Waals surface area (Å²) in [5.41, 5.74) is 5.50. The molecule has 0 radical (unpaired) electrons. The first-order valence-electron chi connectivity index (χ1n) is 18.1. The molecule has 2 amide bonds. The van der Waals surface area contributed by atoms with Crippen LogP contribution in [0.25, 0.3) is 22.2 Å². The van der Waals surface area contributed by atoms with Crippen molar-refractivity contribution in [1.82, 2.24) is 19.1 Å². The number of hydrogen-bond donors (Lipinski definition) is 1. The molecule has 48 heavy (non-hydrogen) atoms. The van der Waals surface area contributed by atoms with Crippen molar-refractivity contribution in [1.29, 1.82) is 0 Å². The zero-order valence-electron chi connectivity index (χ0n) is 28.0. The first kappa shape index (κ1) is 30.7. The van der Waals surface area contributed by atoms with E-state index in [0.717, 1.165) is 79.5 Å². The summed E-state index contributed by atoms with van der Waals surface area (Å²) in [6.07, 6.45) is 10.6. The lowest BCUT2D eigenvalue weighted by molar-refractivity contribution is -0.159. The lowest BCUT2D eigenvalue weighted by Crippen LogP contribution is -2.70. The van der Waals surface area contributed by atoms with Gasteiger partial charge in [-0.1, -0.05) is 38.2 Å². The van der Waals surface area contributed by atoms with Gasteiger partial charge in [0.15, 0.2) is 0 Å². The van der Waals surface area contributed by atoms with Gasteiger partial charge in [0.1, 0.15) is 5.75 Å². The predicted octanol–water partition coefficient (Wildman–Crippen LogP) is 5.77. The number of nitrogens with zero attached hydrogens (tertiary/aromatic N) is 3. The summed E-state index contributed by atoms with van der Waals surface area (Å²) in [5.74, 6) is 0.953. The number of likely N-dealkylation sites (N-methyl/N-ethyl adjacent to an activating group) is 1. The van der Waals surface area contributed by atoms with Crippen molar-refractivity contribution < 1.29 is 22.7 Å². The van der Waals surface area contributed by atoms with Crippen LogP contribution in [-0.4, -0.2) is 79.2 Å². The Morgan fingerprint density at radius 2 is 1.67 bits per heavy atom. The largest absolute Gasteiger partial charge is 0.497 e. The molecule has 1 N–H and O–H groups in total. The maximum atomic E-state index is 14.8. The molecule has 5 fully saturated rings. The van der Waals surface area contributed by atoms with Gasteiger partial charge in [0.2, 0.25) is 15.9 Å². The first-order chi connectivity index (χ1) is 23.2. The first-order valence-corrected chi connectivity index (χ1v) is 19.6. The monoisotopic (exact) mass is 670 g/mol. The molecule has 4 atom stereocenters. The summed E-state index contributed by atoms with van der Waals surface area (Å²) in [6.45, 7) is 2.38. The van der Waals surface area contributed by atoms with E-state index in [-0.39, 0.29) is 23.9 Å². The van der Waals surface area contributed by atoms with Crippen molar-refractivity contribution in [3.8, 4) is 17.0 Å². The molecule has 4 heterocycles. The Morgan fingerprint density at radius 3 is 2.40 bits per heavy atom. The second-order valence-corrected chi connectivity index (χ2v) is 17.6. The highest BCUT2D eigenvalue weighted by Crippen LogP contribution is 2.67. The summed E-state index contributed by atoms with van der Waals surface area (Å²) in [5, 5.41) is 0.595. The number of benzene rings is 2. The lowest BCUT2D eigenvalue weighted by atomic mass is 9.81. The summed E-state index contributed by atoms with van der Waals surface area (Å²) < 4.78 is 36.8. The van der Waals surface area contributed by atoms with Gasteiger partial charge >= 0.3 is 0 Å². The third kappa shape index (κ3) is 4.61. The number of nitrogens with one attached hydrogen (secondary N) is 1. The molecule has 3 aliphatic heterocycles. The highest BCUT2D eigenvalue weighted by molar-refractivity contribution is 7.90. The van der Waals surface area contributed by atoms with Gasteiger partial charge in [0.25, 0.3) is 5.91 Å². The number of sulfonamides is 1. The molecule has 0 spiro atoms. The fourth-order valence-electron chi connectivity index (χ4n) is 10.3. The number of fused-ring (bicyclic) bond motifs is 9. The van der Waals surface area contributed by atoms with Crippen molar-refractivity contribution in [2.75, 3.05) is 27.2 Å². The van der Waals surface area contributed by atoms with Gasteiger partial charge in [-0.15, -0.1) is 0 Å². The predicted molar refractivity (Wildman–Crippen MR) is 185 cm³/mol. The highest BCUT2D eigenvalue weighted by atomic mass is 32.2. The molecule has 2 saturated heterocycles. The fraction of sp³-hybridized carbons (Fsp3) is 0.579. The van der Waals surface area contributed by atoms with Gasteiger partial charge in [-0.05, 0) is 92.9 Å². The topological polar surface area (TPSA) is 101 Å². The second-order valence-electron chi connectivity index (χ2n) is 15.6. The van der Waals surface area contributed by atoms with E-state index >= 15 is 0 Å². The van der Waals surface area contributed by atoms with Crippen LogP contribution in [-0.2, 0) is 21.4 Å². The van der Waals surface area contributed by atoms with Crippen LogP contribution in [0.4, 0.5) is 0 Å². The van der Waals surface area contributed by atoms with Crippen molar-refractivity contribution in [2.24, 2.45) is 5.41 Å². The van der Waals surface area contributed by atoms with E-state index in [2.05, 4.69) is 38.3 Å². The Bertz CT molecular complexity index is 1930. The zero-order valence-corrected chi connectivity index (χ0v) is 28.9. The fourth-order valence-corrected chi connectivity index (χ4v) is 11.8. The molecule has 1 aromatic heterocycles. The third-order valence-corrected chi connectivity index (χ3v) is 14.6. The molecule has 9 nitrogen and oxygen atoms in total. The molecule has 2 aromatic carbocycles. The average Bonchev–Trinajstić information content (AvgIpc) is 3.40. The van der Waals surface area contributed by atoms with Crippen molar-refractivity contribution in [3.05, 3.63) is 53.1 Å². The number of ether oxygens (including phenoxy) is 1. The van der Waals surface area contributed by atoms with E-state index in [4.69, 9.17) is 4.74 Å². The van der Waals surface area contributed by atoms with Crippen molar-refractivity contribution in [3.63, 3.8) is 0 Å². The Kier molecular flexibility index (Phi) is 7.07. The number of piperazine rings is 1. The maximum Gasteiger partial charge on any atom is 0.264 e. The van der Waals surface area contributed by atoms with Crippen LogP contribution in [0, 0.1) is 5.41 Å². The summed E-state index contributed by atoms with van der Waals surface area (Å²) in [6, 6.07) is 12.6. The number of methoxy groups -OCH3 is 1. The van der Waals surface area contributed by atoms with Crippen molar-refractivity contribution in [2.45, 2.75) is 106 Å². The van der Waals surface area contributed by atoms with Gasteiger partial charge in [-0.2, -0.15) is 0 Å². The number of carbonyl (C=O) groups excluding carboxylic acids is 2. The molecule has 9 rings (SSSR count). The van der Waals surface area contributed by atoms with Gasteiger partial charge < -0.3 is 19.1 Å². The van der Waals surface area contributed by atoms with Crippen LogP contribution in [0.5, 0.6) is 5.75 Å². The Hall–Kier alpha value is -3.37. The van der Waals surface area contributed by atoms with Gasteiger partial charge in [-0.25, -0.2) is 13.1 Å². The quantitative estimate of drug-likeness (QED) is 0.358. The van der Waals surface area contributed by atoms with Crippen LogP contribution >= 0.6 is 0 Å². The van der Waals surface area contributed by atoms with Crippen LogP contribution in [0.15, 0.2) is 36.4 Å². The second kappa shape index (κ2) is 11.1. The molecule has 254 valence electrons. The molecular formula is C38H46N4O5S. The number of hydrogen-bond acceptors (Lipinski definition) is 6. The average molecular weight is 671 g/mol. The molecule has 2 bridgehead atoms. The molecule has 10 heteroatoms. The van der Waals surface area contributed by atoms with E-state index in [1.54, 1.807) is 13.2 Å². The minimum absolute atomic E-state index is 0.0892. The zero-order chi connectivity index (χ0) is 32.9. The number of likely N-dealkylation sites (tertiary alicyclic amines) is 2. The van der Waals surface area contributed by atoms with E-state index < -0.39 is 26.6 Å². The van der Waals surface area contributed by atoms with E-state index in [1.165, 1.54) is 30.4 Å². The van der Waals surface area contributed by atoms with E-state index in [9.17, 15) is 18.0 Å². The number of amides is 2. The molecule has 3 aliphatic carbocycles. The number of carbonyl (C=O) groups is 2. The minimum atomic E-state index is -3.75. The number of piperidine rings is 1. The van der Waals surface area contributed by atoms with Crippen molar-refractivity contribution >= 4 is 32.7 Å². The molecule has 4 unspecified atom stereocenters. The SMILES string of the molecule is COc1ccc2c(c1)C1CC1(C(=O)N1C3CC1CN(C)C3)Cn1c-2c(C2CCCCC2)c2ccc(C(=O)NS(=O)(=O)C3CCCC3)cc21. The van der Waals surface area contributed by atoms with Crippen LogP contribution in [0.1, 0.15) is 104 Å². The Morgan fingerprint density at radius 1 is 0.938 bits per heavy atom. The molecule has 3 aromatic rings. The number of rotatable bonds is 6. The van der Waals surface area contributed by atoms with E-state index in [0.29, 0.717) is 30.9 Å². The smallest absolute Gasteiger partial charge is 0.264 e. The van der Waals surface area contributed by atoms with Gasteiger partial charge in [0.05, 0.1) is 23.5 Å². The minimum Gasteiger partial charge on any atom is -0.497 e. The van der Waals surface area contributed by atoms with Gasteiger partial charge in [0, 0.05) is 59.7 Å². The lowest BCUT2D eigenvalue weighted by Gasteiger charge is -2.56. The molecule has 3 saturated carbocycles. The van der Waals surface area contributed by atoms with Gasteiger partial charge in [-0.3, -0.25) is 9.59 Å². The summed E-state index contributed by atoms with van der Waals surface area (Å²) >= 11 is 0. The third-order valence-electron chi connectivity index (χ3n) is 12.8. The normalized spacial score (nSPS) is 28.6. The highest BCUT2D eigenvalue weighted by Gasteiger charge is 2.66. The summed E-state index contributed by atoms with van der Waals surface area (Å²) in [7, 11) is 0.0889. The molecular weight excluding hydrogens is 625 g/mol. The van der Waals surface area contributed by atoms with E-state index in [1.807, 2.05) is 18.2 Å². The Labute approximate surface area is 283 Å². The standard InChI is InChI=1S/C38H46N4O5S/c1-40-20-25-17-26(21-40)42(25)37(44)38-19-32(38)31-18-27(47-2)13-15-29(31)35-34(23-8-4-3-5-9-23)30-14-12-24(16-33(30)41(35)22-38)36(43)39-48(45,46)28-10-6-7-11-28/h12-16,18,23,25-26,28,32H,3-11,17,19-22H2,1-2H3,(H,39,43). The van der Waals surface area contributed by atoms with Crippen LogP contribution in [0.2, 0.25) is 0 Å². The van der Waals surface area contributed by atoms with Crippen LogP contribution in [0.3, 0.4) is 0 Å². The molecule has 6 aliphatic rings. The summed E-state index contributed by atoms with van der Waals surface area (Å²) in [4.78, 5) is 33.0.